The molecule has 5 nitrogen and oxygen atoms in total. The number of likely N-dealkylation sites (tertiary alicyclic amines) is 1. The number of amides is 2. The van der Waals surface area contributed by atoms with Crippen LogP contribution in [0, 0.1) is 5.82 Å². The van der Waals surface area contributed by atoms with Gasteiger partial charge in [-0.15, -0.1) is 0 Å². The number of piperidine rings is 1. The van der Waals surface area contributed by atoms with Gasteiger partial charge >= 0.3 is 0 Å². The molecule has 0 bridgehead atoms. The van der Waals surface area contributed by atoms with Gasteiger partial charge in [-0.2, -0.15) is 0 Å². The van der Waals surface area contributed by atoms with Crippen molar-refractivity contribution < 1.29 is 18.9 Å². The summed E-state index contributed by atoms with van der Waals surface area (Å²) in [5.74, 6) is -0.787. The van der Waals surface area contributed by atoms with Gasteiger partial charge in [0.2, 0.25) is 5.91 Å². The Morgan fingerprint density at radius 3 is 2.64 bits per heavy atom. The predicted molar refractivity (Wildman–Crippen MR) is 82.0 cm³/mol. The molecular formula is C16H23FN3O2+. The van der Waals surface area contributed by atoms with Gasteiger partial charge in [0.25, 0.3) is 5.91 Å². The molecule has 0 aromatic heterocycles. The van der Waals surface area contributed by atoms with E-state index in [-0.39, 0.29) is 24.2 Å². The van der Waals surface area contributed by atoms with Crippen molar-refractivity contribution >= 4 is 17.5 Å². The fraction of sp³-hybridized carbons (Fsp3) is 0.500. The lowest BCUT2D eigenvalue weighted by molar-refractivity contribution is -0.920. The van der Waals surface area contributed by atoms with Gasteiger partial charge in [0, 0.05) is 5.69 Å². The highest BCUT2D eigenvalue weighted by molar-refractivity contribution is 5.94. The third kappa shape index (κ3) is 5.11. The lowest BCUT2D eigenvalue weighted by atomic mass is 10.0. The van der Waals surface area contributed by atoms with Gasteiger partial charge in [-0.3, -0.25) is 9.59 Å². The molecule has 120 valence electrons. The zero-order chi connectivity index (χ0) is 15.9. The topological polar surface area (TPSA) is 62.6 Å². The summed E-state index contributed by atoms with van der Waals surface area (Å²) in [5, 5.41) is 5.25. The Labute approximate surface area is 129 Å². The van der Waals surface area contributed by atoms with Crippen LogP contribution in [0.25, 0.3) is 0 Å². The molecule has 0 aliphatic carbocycles. The first-order chi connectivity index (χ1) is 10.5. The Bertz CT molecular complexity index is 519. The van der Waals surface area contributed by atoms with Crippen LogP contribution < -0.4 is 15.5 Å². The van der Waals surface area contributed by atoms with E-state index in [1.54, 1.807) is 0 Å². The Kier molecular flexibility index (Phi) is 5.89. The summed E-state index contributed by atoms with van der Waals surface area (Å²) >= 11 is 0. The third-order valence-electron chi connectivity index (χ3n) is 4.04. The smallest absolute Gasteiger partial charge is 0.275 e. The first kappa shape index (κ1) is 16.4. The highest BCUT2D eigenvalue weighted by Crippen LogP contribution is 2.07. The molecule has 3 N–H and O–H groups in total. The normalized spacial score (nSPS) is 21.2. The number of rotatable bonds is 5. The van der Waals surface area contributed by atoms with Crippen molar-refractivity contribution in [3.8, 4) is 0 Å². The van der Waals surface area contributed by atoms with Crippen LogP contribution in [-0.2, 0) is 9.59 Å². The monoisotopic (exact) mass is 308 g/mol. The van der Waals surface area contributed by atoms with E-state index in [2.05, 4.69) is 17.6 Å². The van der Waals surface area contributed by atoms with Crippen molar-refractivity contribution in [1.29, 1.82) is 0 Å². The molecule has 1 aromatic rings. The van der Waals surface area contributed by atoms with Crippen LogP contribution in [0.1, 0.15) is 26.2 Å². The lowest BCUT2D eigenvalue weighted by Gasteiger charge is -2.29. The molecule has 6 heteroatoms. The minimum Gasteiger partial charge on any atom is -0.342 e. The van der Waals surface area contributed by atoms with E-state index in [9.17, 15) is 14.0 Å². The van der Waals surface area contributed by atoms with E-state index in [0.29, 0.717) is 18.3 Å². The molecule has 0 radical (unpaired) electrons. The molecule has 22 heavy (non-hydrogen) atoms. The molecule has 1 unspecified atom stereocenters. The molecule has 1 fully saturated rings. The van der Waals surface area contributed by atoms with E-state index in [0.717, 1.165) is 19.4 Å². The van der Waals surface area contributed by atoms with Crippen molar-refractivity contribution in [2.75, 3.05) is 25.0 Å². The maximum atomic E-state index is 12.8. The maximum Gasteiger partial charge on any atom is 0.275 e. The molecular weight excluding hydrogens is 285 g/mol. The van der Waals surface area contributed by atoms with Gasteiger partial charge in [0.1, 0.15) is 5.82 Å². The van der Waals surface area contributed by atoms with Gasteiger partial charge in [-0.1, -0.05) is 0 Å². The minimum absolute atomic E-state index is 0.0716. The van der Waals surface area contributed by atoms with E-state index in [1.807, 2.05) is 0 Å². The molecule has 1 heterocycles. The summed E-state index contributed by atoms with van der Waals surface area (Å²) in [6, 6.07) is 6.00. The van der Waals surface area contributed by atoms with E-state index < -0.39 is 0 Å². The second-order valence-electron chi connectivity index (χ2n) is 5.81. The number of halogens is 1. The number of hydrogen-bond acceptors (Lipinski definition) is 2. The van der Waals surface area contributed by atoms with Crippen LogP contribution in [0.15, 0.2) is 24.3 Å². The standard InChI is InChI=1S/C16H22FN3O2/c1-12-4-2-3-9-20(12)11-16(22)18-10-15(21)19-14-7-5-13(17)6-8-14/h5-8,12H,2-4,9-11H2,1H3,(H,18,22)(H,19,21)/p+1/t12-/m0/s1. The van der Waals surface area contributed by atoms with Crippen LogP contribution in [0.2, 0.25) is 0 Å². The SMILES string of the molecule is C[C@H]1CCCC[NH+]1CC(=O)NCC(=O)Nc1ccc(F)cc1. The molecule has 1 aliphatic heterocycles. The maximum absolute atomic E-state index is 12.8. The first-order valence-electron chi connectivity index (χ1n) is 7.71. The summed E-state index contributed by atoms with van der Waals surface area (Å²) in [4.78, 5) is 24.9. The number of carbonyl (C=O) groups is 2. The lowest BCUT2D eigenvalue weighted by Crippen LogP contribution is -3.17. The van der Waals surface area contributed by atoms with Gasteiger partial charge < -0.3 is 15.5 Å². The number of hydrogen-bond donors (Lipinski definition) is 3. The van der Waals surface area contributed by atoms with E-state index in [1.165, 1.54) is 35.6 Å². The number of anilines is 1. The Hall–Kier alpha value is -1.95. The van der Waals surface area contributed by atoms with Crippen molar-refractivity contribution in [1.82, 2.24) is 5.32 Å². The molecule has 1 saturated heterocycles. The molecule has 1 aliphatic rings. The van der Waals surface area contributed by atoms with E-state index >= 15 is 0 Å². The quantitative estimate of drug-likeness (QED) is 0.734. The Balaban J connectivity index is 1.71. The molecule has 2 rings (SSSR count). The van der Waals surface area contributed by atoms with Crippen molar-refractivity contribution in [3.63, 3.8) is 0 Å². The Morgan fingerprint density at radius 2 is 1.95 bits per heavy atom. The number of carbonyl (C=O) groups excluding carboxylic acids is 2. The fourth-order valence-corrected chi connectivity index (χ4v) is 2.70. The third-order valence-corrected chi connectivity index (χ3v) is 4.04. The largest absolute Gasteiger partial charge is 0.342 e. The van der Waals surface area contributed by atoms with Crippen molar-refractivity contribution in [2.24, 2.45) is 0 Å². The summed E-state index contributed by atoms with van der Waals surface area (Å²) in [5.41, 5.74) is 0.510. The summed E-state index contributed by atoms with van der Waals surface area (Å²) < 4.78 is 12.8. The van der Waals surface area contributed by atoms with Gasteiger partial charge in [-0.05, 0) is 50.5 Å². The van der Waals surface area contributed by atoms with Gasteiger partial charge in [0.05, 0.1) is 19.1 Å². The fourth-order valence-electron chi connectivity index (χ4n) is 2.70. The second-order valence-corrected chi connectivity index (χ2v) is 5.81. The zero-order valence-electron chi connectivity index (χ0n) is 12.8. The minimum atomic E-state index is -0.357. The zero-order valence-corrected chi connectivity index (χ0v) is 12.8. The Morgan fingerprint density at radius 1 is 1.23 bits per heavy atom. The summed E-state index contributed by atoms with van der Waals surface area (Å²) in [7, 11) is 0. The van der Waals surface area contributed by atoms with Gasteiger partial charge in [-0.25, -0.2) is 4.39 Å². The second kappa shape index (κ2) is 7.89. The van der Waals surface area contributed by atoms with Crippen molar-refractivity contribution in [3.05, 3.63) is 30.1 Å². The van der Waals surface area contributed by atoms with Crippen LogP contribution in [-0.4, -0.2) is 37.5 Å². The highest BCUT2D eigenvalue weighted by atomic mass is 19.1. The number of nitrogens with one attached hydrogen (secondary N) is 3. The molecule has 0 spiro atoms. The number of quaternary nitrogens is 1. The number of benzene rings is 1. The van der Waals surface area contributed by atoms with Gasteiger partial charge in [0.15, 0.2) is 6.54 Å². The summed E-state index contributed by atoms with van der Waals surface area (Å²) in [6.45, 7) is 3.50. The molecule has 2 amide bonds. The molecule has 1 aromatic carbocycles. The van der Waals surface area contributed by atoms with E-state index in [4.69, 9.17) is 0 Å². The predicted octanol–water partition coefficient (Wildman–Crippen LogP) is 0.338. The van der Waals surface area contributed by atoms with Crippen LogP contribution in [0.4, 0.5) is 10.1 Å². The van der Waals surface area contributed by atoms with Crippen LogP contribution in [0.3, 0.4) is 0 Å². The average molecular weight is 308 g/mol. The van der Waals surface area contributed by atoms with Crippen LogP contribution >= 0.6 is 0 Å². The highest BCUT2D eigenvalue weighted by Gasteiger charge is 2.24. The van der Waals surface area contributed by atoms with Crippen molar-refractivity contribution in [2.45, 2.75) is 32.2 Å². The van der Waals surface area contributed by atoms with Crippen LogP contribution in [0.5, 0.6) is 0 Å². The summed E-state index contributed by atoms with van der Waals surface area (Å²) in [6.07, 6.45) is 3.53. The first-order valence-corrected chi connectivity index (χ1v) is 7.71. The average Bonchev–Trinajstić information content (AvgIpc) is 2.50. The molecule has 0 saturated carbocycles. The molecule has 2 atom stereocenters.